The molecule has 0 heterocycles. The highest BCUT2D eigenvalue weighted by molar-refractivity contribution is 5.71. The van der Waals surface area contributed by atoms with Gasteiger partial charge in [0.2, 0.25) is 0 Å². The topological polar surface area (TPSA) is 78.9 Å². The lowest BCUT2D eigenvalue weighted by atomic mass is 9.99. The molecule has 0 fully saturated rings. The minimum atomic E-state index is -0.764. The molecule has 0 aromatic rings. The Hall–Kier alpha value is -1.59. The van der Waals surface area contributed by atoms with Crippen LogP contribution in [0.2, 0.25) is 0 Å². The summed E-state index contributed by atoms with van der Waals surface area (Å²) in [5, 5.41) is 0. The number of unbranched alkanes of at least 4 members (excludes halogenated alkanes) is 35. The zero-order chi connectivity index (χ0) is 49.1. The molecule has 3 atom stereocenters. The zero-order valence-electron chi connectivity index (χ0n) is 46.2. The number of hydrogen-bond acceptors (Lipinski definition) is 6. The molecule has 6 heteroatoms. The van der Waals surface area contributed by atoms with Gasteiger partial charge < -0.3 is 14.2 Å². The minimum Gasteiger partial charge on any atom is -0.462 e. The molecule has 0 aromatic heterocycles. The van der Waals surface area contributed by atoms with Crippen molar-refractivity contribution in [1.82, 2.24) is 0 Å². The van der Waals surface area contributed by atoms with Crippen LogP contribution in [0.25, 0.3) is 0 Å². The molecule has 0 radical (unpaired) electrons. The van der Waals surface area contributed by atoms with Crippen LogP contribution in [0.1, 0.15) is 337 Å². The summed E-state index contributed by atoms with van der Waals surface area (Å²) in [5.41, 5.74) is 0. The fraction of sp³-hybridized carbons (Fsp3) is 0.951. The Kier molecular flexibility index (Phi) is 51.0. The first-order chi connectivity index (χ1) is 32.7. The third kappa shape index (κ3) is 52.1. The standard InChI is InChI=1S/C61H118O6/c1-7-56(5)48-42-36-30-24-17-15-13-11-9-10-12-14-16-18-28-34-40-46-52-61(64)67-58(53-65-59(62)50-44-38-32-26-21-19-23-29-35-41-47-55(3)4)54-66-60(63)51-45-39-33-27-22-20-25-31-37-43-49-57(6)8-2/h55-58H,7-54H2,1-6H3/t56?,57?,58-/m0/s1. The molecule has 67 heavy (non-hydrogen) atoms. The van der Waals surface area contributed by atoms with Gasteiger partial charge in [-0.15, -0.1) is 0 Å². The number of rotatable bonds is 54. The monoisotopic (exact) mass is 947 g/mol. The van der Waals surface area contributed by atoms with Crippen molar-refractivity contribution in [2.75, 3.05) is 13.2 Å². The van der Waals surface area contributed by atoms with Gasteiger partial charge in [0, 0.05) is 19.3 Å². The lowest BCUT2D eigenvalue weighted by Gasteiger charge is -2.18. The van der Waals surface area contributed by atoms with Gasteiger partial charge >= 0.3 is 17.9 Å². The van der Waals surface area contributed by atoms with Gasteiger partial charge in [-0.2, -0.15) is 0 Å². The van der Waals surface area contributed by atoms with Gasteiger partial charge in [0.15, 0.2) is 6.10 Å². The second-order valence-corrected chi connectivity index (χ2v) is 21.9. The van der Waals surface area contributed by atoms with E-state index in [-0.39, 0.29) is 31.1 Å². The first-order valence-corrected chi connectivity index (χ1v) is 30.2. The van der Waals surface area contributed by atoms with Gasteiger partial charge in [-0.3, -0.25) is 14.4 Å². The summed E-state index contributed by atoms with van der Waals surface area (Å²) in [7, 11) is 0. The molecule has 0 N–H and O–H groups in total. The van der Waals surface area contributed by atoms with E-state index in [4.69, 9.17) is 14.2 Å². The van der Waals surface area contributed by atoms with Crippen LogP contribution >= 0.6 is 0 Å². The molecule has 398 valence electrons. The van der Waals surface area contributed by atoms with Crippen LogP contribution < -0.4 is 0 Å². The molecule has 0 aromatic carbocycles. The molecule has 0 bridgehead atoms. The molecular weight excluding hydrogens is 829 g/mol. The minimum absolute atomic E-state index is 0.0637. The Morgan fingerprint density at radius 3 is 0.776 bits per heavy atom. The van der Waals surface area contributed by atoms with Crippen LogP contribution in [0, 0.1) is 17.8 Å². The molecule has 0 rings (SSSR count). The maximum absolute atomic E-state index is 12.9. The van der Waals surface area contributed by atoms with E-state index in [9.17, 15) is 14.4 Å². The van der Waals surface area contributed by atoms with Gasteiger partial charge in [-0.25, -0.2) is 0 Å². The van der Waals surface area contributed by atoms with E-state index in [2.05, 4.69) is 41.5 Å². The number of hydrogen-bond donors (Lipinski definition) is 0. The van der Waals surface area contributed by atoms with Crippen molar-refractivity contribution in [2.45, 2.75) is 343 Å². The predicted octanol–water partition coefficient (Wildman–Crippen LogP) is 19.9. The number of carbonyl (C=O) groups is 3. The summed E-state index contributed by atoms with van der Waals surface area (Å²) >= 11 is 0. The van der Waals surface area contributed by atoms with Crippen molar-refractivity contribution in [2.24, 2.45) is 17.8 Å². The summed E-state index contributed by atoms with van der Waals surface area (Å²) < 4.78 is 16.9. The third-order valence-corrected chi connectivity index (χ3v) is 14.6. The first kappa shape index (κ1) is 65.4. The van der Waals surface area contributed by atoms with Crippen molar-refractivity contribution in [3.63, 3.8) is 0 Å². The maximum Gasteiger partial charge on any atom is 0.306 e. The lowest BCUT2D eigenvalue weighted by Crippen LogP contribution is -2.30. The SMILES string of the molecule is CCC(C)CCCCCCCCCCCCCCCCCCCCC(=O)O[C@@H](COC(=O)CCCCCCCCCCCCC(C)C)COC(=O)CCCCCCCCCCCCC(C)CC. The Labute approximate surface area is 418 Å². The number of esters is 3. The third-order valence-electron chi connectivity index (χ3n) is 14.6. The van der Waals surface area contributed by atoms with Gasteiger partial charge in [-0.05, 0) is 37.0 Å². The van der Waals surface area contributed by atoms with Crippen LogP contribution in [0.15, 0.2) is 0 Å². The average molecular weight is 948 g/mol. The van der Waals surface area contributed by atoms with Crippen molar-refractivity contribution in [1.29, 1.82) is 0 Å². The van der Waals surface area contributed by atoms with Gasteiger partial charge in [0.25, 0.3) is 0 Å². The number of ether oxygens (including phenoxy) is 3. The average Bonchev–Trinajstić information content (AvgIpc) is 3.31. The molecule has 0 aliphatic carbocycles. The zero-order valence-corrected chi connectivity index (χ0v) is 46.2. The Bertz CT molecular complexity index is 1040. The van der Waals surface area contributed by atoms with E-state index < -0.39 is 6.10 Å². The second kappa shape index (κ2) is 52.2. The molecule has 0 saturated heterocycles. The van der Waals surface area contributed by atoms with E-state index >= 15 is 0 Å². The van der Waals surface area contributed by atoms with E-state index in [1.54, 1.807) is 0 Å². The fourth-order valence-electron chi connectivity index (χ4n) is 9.29. The first-order valence-electron chi connectivity index (χ1n) is 30.2. The van der Waals surface area contributed by atoms with Crippen molar-refractivity contribution >= 4 is 17.9 Å². The highest BCUT2D eigenvalue weighted by atomic mass is 16.6. The summed E-state index contributed by atoms with van der Waals surface area (Å²) in [6, 6.07) is 0. The summed E-state index contributed by atoms with van der Waals surface area (Å²) in [5.74, 6) is 1.75. The summed E-state index contributed by atoms with van der Waals surface area (Å²) in [6.45, 7) is 13.8. The highest BCUT2D eigenvalue weighted by Gasteiger charge is 2.19. The maximum atomic E-state index is 12.9. The van der Waals surface area contributed by atoms with E-state index in [0.717, 1.165) is 75.5 Å². The van der Waals surface area contributed by atoms with Crippen LogP contribution in [0.4, 0.5) is 0 Å². The van der Waals surface area contributed by atoms with Crippen LogP contribution in [-0.2, 0) is 28.6 Å². The van der Waals surface area contributed by atoms with Crippen LogP contribution in [-0.4, -0.2) is 37.2 Å². The van der Waals surface area contributed by atoms with Crippen LogP contribution in [0.3, 0.4) is 0 Å². The summed E-state index contributed by atoms with van der Waals surface area (Å²) in [6.07, 6.45) is 55.2. The van der Waals surface area contributed by atoms with Gasteiger partial charge in [0.1, 0.15) is 13.2 Å². The second-order valence-electron chi connectivity index (χ2n) is 21.9. The molecule has 0 aliphatic heterocycles. The summed E-state index contributed by atoms with van der Waals surface area (Å²) in [4.78, 5) is 38.2. The molecule has 2 unspecified atom stereocenters. The molecule has 0 aliphatic rings. The normalized spacial score (nSPS) is 12.9. The fourth-order valence-corrected chi connectivity index (χ4v) is 9.29. The molecular formula is C61H118O6. The van der Waals surface area contributed by atoms with Crippen molar-refractivity contribution < 1.29 is 28.6 Å². The molecule has 0 amide bonds. The van der Waals surface area contributed by atoms with E-state index in [1.165, 1.54) is 218 Å². The quantitative estimate of drug-likeness (QED) is 0.0343. The van der Waals surface area contributed by atoms with Crippen LogP contribution in [0.5, 0.6) is 0 Å². The molecule has 0 saturated carbocycles. The van der Waals surface area contributed by atoms with Gasteiger partial charge in [-0.1, -0.05) is 298 Å². The smallest absolute Gasteiger partial charge is 0.306 e. The predicted molar refractivity (Wildman–Crippen MR) is 289 cm³/mol. The number of carbonyl (C=O) groups excluding carboxylic acids is 3. The van der Waals surface area contributed by atoms with Crippen molar-refractivity contribution in [3.8, 4) is 0 Å². The Morgan fingerprint density at radius 1 is 0.299 bits per heavy atom. The lowest BCUT2D eigenvalue weighted by molar-refractivity contribution is -0.167. The Morgan fingerprint density at radius 2 is 0.522 bits per heavy atom. The van der Waals surface area contributed by atoms with Crippen molar-refractivity contribution in [3.05, 3.63) is 0 Å². The molecule has 0 spiro atoms. The van der Waals surface area contributed by atoms with E-state index in [1.807, 2.05) is 0 Å². The van der Waals surface area contributed by atoms with E-state index in [0.29, 0.717) is 19.3 Å². The Balaban J connectivity index is 4.26. The molecule has 6 nitrogen and oxygen atoms in total. The largest absolute Gasteiger partial charge is 0.462 e. The highest BCUT2D eigenvalue weighted by Crippen LogP contribution is 2.19. The van der Waals surface area contributed by atoms with Gasteiger partial charge in [0.05, 0.1) is 0 Å².